The zero-order valence-electron chi connectivity index (χ0n) is 43.8. The van der Waals surface area contributed by atoms with Crippen LogP contribution in [0.4, 0.5) is 0 Å². The van der Waals surface area contributed by atoms with Crippen molar-refractivity contribution in [3.63, 3.8) is 0 Å². The fraction of sp³-hybridized carbons (Fsp3) is 0.400. The summed E-state index contributed by atoms with van der Waals surface area (Å²) in [7, 11) is 0. The minimum absolute atomic E-state index is 0. The van der Waals surface area contributed by atoms with Gasteiger partial charge in [0, 0.05) is 26.8 Å². The standard InChI is InChI=1S/3C20H22Br2N.Ho/c3*1-19(2,3)11-7-13-14-8-12(20(4,5)6)10-16(22)18(14)23-17(13)15(21)9-11;/h3*7-10H,1-6H3;/q3*-1;+3. The molecule has 0 spiro atoms. The third-order valence-electron chi connectivity index (χ3n) is 13.1. The molecule has 0 saturated carbocycles. The van der Waals surface area contributed by atoms with Crippen LogP contribution in [0.2, 0.25) is 0 Å². The van der Waals surface area contributed by atoms with Gasteiger partial charge in [-0.15, -0.1) is 33.1 Å². The summed E-state index contributed by atoms with van der Waals surface area (Å²) < 4.78 is 6.42. The maximum atomic E-state index is 4.87. The Morgan fingerprint density at radius 1 is 0.229 bits per heavy atom. The van der Waals surface area contributed by atoms with Crippen molar-refractivity contribution in [3.8, 4) is 0 Å². The average molecular weight is 1470 g/mol. The van der Waals surface area contributed by atoms with E-state index in [1.165, 1.54) is 65.7 Å². The molecule has 0 atom stereocenters. The van der Waals surface area contributed by atoms with Crippen LogP contribution >= 0.6 is 95.6 Å². The summed E-state index contributed by atoms with van der Waals surface area (Å²) >= 11 is 22.3. The summed E-state index contributed by atoms with van der Waals surface area (Å²) in [5.74, 6) is 0. The molecule has 6 aromatic carbocycles. The van der Waals surface area contributed by atoms with E-state index in [0.717, 1.165) is 59.9 Å². The molecule has 0 aliphatic heterocycles. The second-order valence-corrected chi connectivity index (χ2v) is 30.1. The van der Waals surface area contributed by atoms with E-state index >= 15 is 0 Å². The fourth-order valence-electron chi connectivity index (χ4n) is 8.44. The van der Waals surface area contributed by atoms with Gasteiger partial charge < -0.3 is 15.0 Å². The van der Waals surface area contributed by atoms with Gasteiger partial charge in [0.25, 0.3) is 0 Å². The first-order chi connectivity index (χ1) is 31.4. The van der Waals surface area contributed by atoms with E-state index in [9.17, 15) is 0 Å². The van der Waals surface area contributed by atoms with Crippen LogP contribution in [-0.4, -0.2) is 0 Å². The van der Waals surface area contributed by atoms with Crippen LogP contribution < -0.4 is 15.0 Å². The van der Waals surface area contributed by atoms with Crippen LogP contribution in [0, 0.1) is 37.7 Å². The molecule has 0 N–H and O–H groups in total. The first kappa shape index (κ1) is 58.1. The summed E-state index contributed by atoms with van der Waals surface area (Å²) in [4.78, 5) is 14.6. The second-order valence-electron chi connectivity index (χ2n) is 25.0. The third-order valence-corrected chi connectivity index (χ3v) is 16.7. The van der Waals surface area contributed by atoms with Crippen molar-refractivity contribution < 1.29 is 37.7 Å². The van der Waals surface area contributed by atoms with Gasteiger partial charge in [-0.25, -0.2) is 0 Å². The van der Waals surface area contributed by atoms with Gasteiger partial charge >= 0.3 is 37.7 Å². The van der Waals surface area contributed by atoms with E-state index in [1.807, 2.05) is 0 Å². The Bertz CT molecular complexity index is 2870. The van der Waals surface area contributed by atoms with Gasteiger partial charge in [-0.2, -0.15) is 0 Å². The van der Waals surface area contributed by atoms with Crippen molar-refractivity contribution in [3.05, 3.63) is 133 Å². The molecular weight excluding hydrogens is 1410 g/mol. The molecule has 374 valence electrons. The Morgan fingerprint density at radius 2 is 0.343 bits per heavy atom. The first-order valence-electron chi connectivity index (χ1n) is 23.7. The summed E-state index contributed by atoms with van der Waals surface area (Å²) in [5.41, 5.74) is 14.8. The summed E-state index contributed by atoms with van der Waals surface area (Å²) in [6, 6.07) is 27.0. The number of rotatable bonds is 0. The predicted octanol–water partition coefficient (Wildman–Crippen LogP) is 21.2. The Labute approximate surface area is 497 Å². The molecule has 10 heteroatoms. The number of hydrogen-bond acceptors (Lipinski definition) is 0. The zero-order chi connectivity index (χ0) is 51.5. The second kappa shape index (κ2) is 20.4. The van der Waals surface area contributed by atoms with Crippen molar-refractivity contribution in [2.45, 2.75) is 157 Å². The Balaban J connectivity index is 0.000000171. The van der Waals surface area contributed by atoms with Crippen molar-refractivity contribution in [2.24, 2.45) is 0 Å². The molecule has 9 aromatic rings. The summed E-state index contributed by atoms with van der Waals surface area (Å²) in [6.07, 6.45) is 0. The van der Waals surface area contributed by atoms with Gasteiger partial charge in [-0.3, -0.25) is 0 Å². The van der Waals surface area contributed by atoms with E-state index in [-0.39, 0.29) is 70.2 Å². The van der Waals surface area contributed by atoms with Crippen molar-refractivity contribution in [1.82, 2.24) is 15.0 Å². The molecule has 0 fully saturated rings. The first-order valence-corrected chi connectivity index (χ1v) is 28.4. The van der Waals surface area contributed by atoms with Crippen LogP contribution in [0.15, 0.2) is 99.6 Å². The van der Waals surface area contributed by atoms with Gasteiger partial charge in [0.15, 0.2) is 0 Å². The minimum Gasteiger partial charge on any atom is -0.655 e. The maximum absolute atomic E-state index is 4.87. The molecule has 3 heterocycles. The van der Waals surface area contributed by atoms with Crippen molar-refractivity contribution >= 4 is 161 Å². The van der Waals surface area contributed by atoms with Gasteiger partial charge in [0.2, 0.25) is 0 Å². The van der Waals surface area contributed by atoms with Gasteiger partial charge in [0.05, 0.1) is 0 Å². The van der Waals surface area contributed by atoms with Gasteiger partial charge in [-0.05, 0) is 135 Å². The number of hydrogen-bond donors (Lipinski definition) is 0. The summed E-state index contributed by atoms with van der Waals surface area (Å²) in [5, 5.41) is 7.37. The number of halogens is 6. The number of benzene rings is 6. The Hall–Kier alpha value is -1.14. The van der Waals surface area contributed by atoms with Crippen molar-refractivity contribution in [2.75, 3.05) is 0 Å². The van der Waals surface area contributed by atoms with E-state index in [2.05, 4.69) is 293 Å². The minimum atomic E-state index is 0. The molecule has 3 nitrogen and oxygen atoms in total. The maximum Gasteiger partial charge on any atom is 3.00 e. The van der Waals surface area contributed by atoms with Crippen LogP contribution in [-0.2, 0) is 32.5 Å². The fourth-order valence-corrected chi connectivity index (χ4v) is 11.7. The van der Waals surface area contributed by atoms with E-state index in [1.54, 1.807) is 0 Å². The SMILES string of the molecule is CC(C)(C)c1cc(Br)c2[n-]c3c(Br)cc(C(C)(C)C)cc3c2c1.CC(C)(C)c1cc(Br)c2[n-]c3c(Br)cc(C(C)(C)C)cc3c2c1.CC(C)(C)c1cc(Br)c2[n-]c3c(Br)cc(C(C)(C)C)cc3c2c1.[Ho+3]. The van der Waals surface area contributed by atoms with E-state index < -0.39 is 0 Å². The molecule has 0 aliphatic rings. The molecule has 9 rings (SSSR count). The van der Waals surface area contributed by atoms with Crippen LogP contribution in [0.1, 0.15) is 158 Å². The quantitative estimate of drug-likeness (QED) is 0.142. The molecule has 0 radical (unpaired) electrons. The monoisotopic (exact) mass is 1470 g/mol. The predicted molar refractivity (Wildman–Crippen MR) is 323 cm³/mol. The number of nitrogens with zero attached hydrogens (tertiary/aromatic N) is 3. The normalized spacial score (nSPS) is 13.0. The number of fused-ring (bicyclic) bond motifs is 9. The molecule has 0 amide bonds. The molecule has 70 heavy (non-hydrogen) atoms. The van der Waals surface area contributed by atoms with Crippen LogP contribution in [0.5, 0.6) is 0 Å². The average Bonchev–Trinajstić information content (AvgIpc) is 3.90. The topological polar surface area (TPSA) is 42.3 Å². The molecular formula is C60H66Br6HoN3. The molecule has 0 saturated heterocycles. The van der Waals surface area contributed by atoms with E-state index in [0.29, 0.717) is 0 Å². The Kier molecular flexibility index (Phi) is 17.0. The van der Waals surface area contributed by atoms with Crippen LogP contribution in [0.3, 0.4) is 0 Å². The zero-order valence-corrected chi connectivity index (χ0v) is 55.3. The van der Waals surface area contributed by atoms with Crippen LogP contribution in [0.25, 0.3) is 65.4 Å². The summed E-state index contributed by atoms with van der Waals surface area (Å²) in [6.45, 7) is 40.4. The largest absolute Gasteiger partial charge is 3.00 e. The molecule has 0 aliphatic carbocycles. The number of aromatic nitrogens is 3. The molecule has 0 bridgehead atoms. The molecule has 3 aromatic heterocycles. The smallest absolute Gasteiger partial charge is 0.655 e. The van der Waals surface area contributed by atoms with Gasteiger partial charge in [0.1, 0.15) is 0 Å². The molecule has 0 unspecified atom stereocenters. The van der Waals surface area contributed by atoms with Gasteiger partial charge in [-0.1, -0.05) is 257 Å². The van der Waals surface area contributed by atoms with Crippen molar-refractivity contribution in [1.29, 1.82) is 0 Å². The third kappa shape index (κ3) is 12.1. The van der Waals surface area contributed by atoms with E-state index in [4.69, 9.17) is 15.0 Å². The Morgan fingerprint density at radius 3 is 0.443 bits per heavy atom.